The molecule has 5 heteroatoms. The van der Waals surface area contributed by atoms with Gasteiger partial charge < -0.3 is 10.1 Å². The third kappa shape index (κ3) is 3.87. The maximum absolute atomic E-state index is 12.0. The second kappa shape index (κ2) is 7.08. The smallest absolute Gasteiger partial charge is 0.258 e. The van der Waals surface area contributed by atoms with Crippen molar-refractivity contribution in [2.45, 2.75) is 20.4 Å². The Labute approximate surface area is 140 Å². The van der Waals surface area contributed by atoms with Gasteiger partial charge >= 0.3 is 0 Å². The van der Waals surface area contributed by atoms with Gasteiger partial charge in [-0.25, -0.2) is 4.98 Å². The summed E-state index contributed by atoms with van der Waals surface area (Å²) in [6.45, 7) is 4.24. The highest BCUT2D eigenvalue weighted by atomic mass is 16.5. The van der Waals surface area contributed by atoms with Gasteiger partial charge in [0.05, 0.1) is 10.9 Å². The highest BCUT2D eigenvalue weighted by Crippen LogP contribution is 2.21. The number of hydrogen-bond donors (Lipinski definition) is 1. The highest BCUT2D eigenvalue weighted by molar-refractivity contribution is 5.84. The van der Waals surface area contributed by atoms with E-state index < -0.39 is 0 Å². The Morgan fingerprint density at radius 3 is 2.58 bits per heavy atom. The fourth-order valence-corrected chi connectivity index (χ4v) is 2.36. The van der Waals surface area contributed by atoms with Gasteiger partial charge in [0, 0.05) is 6.54 Å². The van der Waals surface area contributed by atoms with Crippen LogP contribution in [0.3, 0.4) is 0 Å². The molecule has 0 bridgehead atoms. The van der Waals surface area contributed by atoms with E-state index in [9.17, 15) is 4.79 Å². The molecule has 0 saturated heterocycles. The molecule has 0 aliphatic carbocycles. The van der Waals surface area contributed by atoms with Gasteiger partial charge in [0.1, 0.15) is 5.82 Å². The number of para-hydroxylation sites is 1. The van der Waals surface area contributed by atoms with E-state index in [2.05, 4.69) is 15.3 Å². The summed E-state index contributed by atoms with van der Waals surface area (Å²) >= 11 is 0. The molecule has 2 aromatic carbocycles. The molecule has 3 rings (SSSR count). The number of ether oxygens (including phenoxy) is 1. The Balaban J connectivity index is 1.61. The number of aryl methyl sites for hydroxylation is 2. The minimum atomic E-state index is -0.184. The number of carbonyl (C=O) groups is 1. The second-order valence-electron chi connectivity index (χ2n) is 5.64. The van der Waals surface area contributed by atoms with E-state index in [0.717, 1.165) is 16.5 Å². The molecule has 3 aromatic rings. The molecule has 0 radical (unpaired) electrons. The van der Waals surface area contributed by atoms with Crippen molar-refractivity contribution >= 4 is 16.8 Å². The van der Waals surface area contributed by atoms with Crippen LogP contribution in [-0.2, 0) is 11.3 Å². The van der Waals surface area contributed by atoms with Crippen molar-refractivity contribution in [3.05, 3.63) is 65.5 Å². The van der Waals surface area contributed by atoms with Gasteiger partial charge in [-0.15, -0.1) is 0 Å². The molecule has 5 nitrogen and oxygen atoms in total. The molecular weight excluding hydrogens is 302 g/mol. The summed E-state index contributed by atoms with van der Waals surface area (Å²) in [6, 6.07) is 15.6. The number of amides is 1. The van der Waals surface area contributed by atoms with Crippen molar-refractivity contribution in [1.29, 1.82) is 0 Å². The van der Waals surface area contributed by atoms with Crippen LogP contribution in [0.15, 0.2) is 48.5 Å². The van der Waals surface area contributed by atoms with E-state index >= 15 is 0 Å². The largest absolute Gasteiger partial charge is 0.467 e. The van der Waals surface area contributed by atoms with Crippen molar-refractivity contribution in [1.82, 2.24) is 15.3 Å². The Morgan fingerprint density at radius 1 is 1.04 bits per heavy atom. The standard InChI is InChI=1S/C19H19N3O2/c1-13-7-9-15(10-8-13)11-20-18(23)12-24-19-16-5-3-4-6-17(16)21-14(2)22-19/h3-10H,11-12H2,1-2H3,(H,20,23). The van der Waals surface area contributed by atoms with Crippen molar-refractivity contribution in [2.24, 2.45) is 0 Å². The van der Waals surface area contributed by atoms with Crippen LogP contribution in [-0.4, -0.2) is 22.5 Å². The molecule has 1 N–H and O–H groups in total. The molecular formula is C19H19N3O2. The van der Waals surface area contributed by atoms with Gasteiger partial charge in [0.15, 0.2) is 6.61 Å². The molecule has 0 fully saturated rings. The molecule has 0 aliphatic rings. The molecule has 24 heavy (non-hydrogen) atoms. The van der Waals surface area contributed by atoms with E-state index in [1.54, 1.807) is 6.92 Å². The third-order valence-electron chi connectivity index (χ3n) is 3.63. The van der Waals surface area contributed by atoms with Crippen LogP contribution in [0.25, 0.3) is 10.9 Å². The minimum Gasteiger partial charge on any atom is -0.467 e. The van der Waals surface area contributed by atoms with E-state index in [4.69, 9.17) is 4.74 Å². The predicted octanol–water partition coefficient (Wildman–Crippen LogP) is 2.94. The first-order chi connectivity index (χ1) is 11.6. The highest BCUT2D eigenvalue weighted by Gasteiger charge is 2.09. The molecule has 1 amide bonds. The van der Waals surface area contributed by atoms with Crippen LogP contribution in [0, 0.1) is 13.8 Å². The lowest BCUT2D eigenvalue weighted by Crippen LogP contribution is -2.28. The Hall–Kier alpha value is -2.95. The number of aromatic nitrogens is 2. The van der Waals surface area contributed by atoms with E-state index in [1.807, 2.05) is 55.5 Å². The molecule has 0 spiro atoms. The van der Waals surface area contributed by atoms with Crippen molar-refractivity contribution in [3.8, 4) is 5.88 Å². The number of nitrogens with zero attached hydrogens (tertiary/aromatic N) is 2. The number of benzene rings is 2. The van der Waals surface area contributed by atoms with Crippen LogP contribution in [0.1, 0.15) is 17.0 Å². The quantitative estimate of drug-likeness (QED) is 0.785. The van der Waals surface area contributed by atoms with Gasteiger partial charge in [0.25, 0.3) is 5.91 Å². The lowest BCUT2D eigenvalue weighted by molar-refractivity contribution is -0.123. The number of carbonyl (C=O) groups excluding carboxylic acids is 1. The lowest BCUT2D eigenvalue weighted by Gasteiger charge is -2.09. The molecule has 0 unspecified atom stereocenters. The van der Waals surface area contributed by atoms with Gasteiger partial charge in [-0.1, -0.05) is 42.0 Å². The van der Waals surface area contributed by atoms with Gasteiger partial charge in [-0.3, -0.25) is 4.79 Å². The van der Waals surface area contributed by atoms with Gasteiger partial charge in [-0.05, 0) is 31.5 Å². The summed E-state index contributed by atoms with van der Waals surface area (Å²) in [4.78, 5) is 20.6. The molecule has 0 aliphatic heterocycles. The van der Waals surface area contributed by atoms with E-state index in [1.165, 1.54) is 5.56 Å². The van der Waals surface area contributed by atoms with E-state index in [0.29, 0.717) is 18.2 Å². The van der Waals surface area contributed by atoms with Crippen molar-refractivity contribution in [3.63, 3.8) is 0 Å². The van der Waals surface area contributed by atoms with Crippen LogP contribution in [0.5, 0.6) is 5.88 Å². The summed E-state index contributed by atoms with van der Waals surface area (Å²) in [5.74, 6) is 0.864. The van der Waals surface area contributed by atoms with E-state index in [-0.39, 0.29) is 12.5 Å². The molecule has 0 saturated carbocycles. The Bertz CT molecular complexity index is 860. The first kappa shape index (κ1) is 15.9. The Morgan fingerprint density at radius 2 is 1.79 bits per heavy atom. The maximum Gasteiger partial charge on any atom is 0.258 e. The topological polar surface area (TPSA) is 64.1 Å². The van der Waals surface area contributed by atoms with Gasteiger partial charge in [-0.2, -0.15) is 4.98 Å². The molecule has 1 heterocycles. The molecule has 122 valence electrons. The van der Waals surface area contributed by atoms with Crippen LogP contribution >= 0.6 is 0 Å². The number of nitrogens with one attached hydrogen (secondary N) is 1. The summed E-state index contributed by atoms with van der Waals surface area (Å²) in [6.07, 6.45) is 0. The molecule has 0 atom stereocenters. The van der Waals surface area contributed by atoms with Crippen molar-refractivity contribution < 1.29 is 9.53 Å². The normalized spacial score (nSPS) is 10.6. The lowest BCUT2D eigenvalue weighted by atomic mass is 10.1. The number of fused-ring (bicyclic) bond motifs is 1. The SMILES string of the molecule is Cc1ccc(CNC(=O)COc2nc(C)nc3ccccc23)cc1. The van der Waals surface area contributed by atoms with Crippen LogP contribution < -0.4 is 10.1 Å². The Kier molecular flexibility index (Phi) is 4.70. The second-order valence-corrected chi connectivity index (χ2v) is 5.64. The summed E-state index contributed by atoms with van der Waals surface area (Å²) < 4.78 is 5.61. The average Bonchev–Trinajstić information content (AvgIpc) is 2.59. The fourth-order valence-electron chi connectivity index (χ4n) is 2.36. The number of hydrogen-bond acceptors (Lipinski definition) is 4. The van der Waals surface area contributed by atoms with Gasteiger partial charge in [0.2, 0.25) is 5.88 Å². The zero-order chi connectivity index (χ0) is 16.9. The summed E-state index contributed by atoms with van der Waals surface area (Å²) in [7, 11) is 0. The first-order valence-corrected chi connectivity index (χ1v) is 7.80. The fraction of sp³-hybridized carbons (Fsp3) is 0.211. The molecule has 1 aromatic heterocycles. The zero-order valence-electron chi connectivity index (χ0n) is 13.7. The summed E-state index contributed by atoms with van der Waals surface area (Å²) in [5.41, 5.74) is 3.05. The van der Waals surface area contributed by atoms with Crippen LogP contribution in [0.2, 0.25) is 0 Å². The van der Waals surface area contributed by atoms with Crippen molar-refractivity contribution in [2.75, 3.05) is 6.61 Å². The minimum absolute atomic E-state index is 0.0771. The summed E-state index contributed by atoms with van der Waals surface area (Å²) in [5, 5.41) is 3.64. The van der Waals surface area contributed by atoms with Crippen LogP contribution in [0.4, 0.5) is 0 Å². The average molecular weight is 321 g/mol. The first-order valence-electron chi connectivity index (χ1n) is 7.80. The monoisotopic (exact) mass is 321 g/mol. The predicted molar refractivity (Wildman–Crippen MR) is 92.8 cm³/mol. The maximum atomic E-state index is 12.0. The third-order valence-corrected chi connectivity index (χ3v) is 3.63. The number of rotatable bonds is 5. The zero-order valence-corrected chi connectivity index (χ0v) is 13.7.